The van der Waals surface area contributed by atoms with E-state index in [2.05, 4.69) is 31.4 Å². The SMILES string of the molecule is COc1ccc(NC(C)=O)cc1NC(C)CC(C)C. The first kappa shape index (κ1) is 15.3. The highest BCUT2D eigenvalue weighted by atomic mass is 16.5. The zero-order chi connectivity index (χ0) is 14.4. The van der Waals surface area contributed by atoms with Crippen molar-refractivity contribution in [2.45, 2.75) is 40.2 Å². The van der Waals surface area contributed by atoms with Gasteiger partial charge < -0.3 is 15.4 Å². The largest absolute Gasteiger partial charge is 0.495 e. The average molecular weight is 264 g/mol. The number of benzene rings is 1. The summed E-state index contributed by atoms with van der Waals surface area (Å²) in [5, 5.41) is 6.21. The van der Waals surface area contributed by atoms with Crippen molar-refractivity contribution in [1.29, 1.82) is 0 Å². The molecule has 0 aliphatic rings. The van der Waals surface area contributed by atoms with Crippen LogP contribution in [-0.2, 0) is 4.79 Å². The zero-order valence-electron chi connectivity index (χ0n) is 12.4. The number of nitrogens with one attached hydrogen (secondary N) is 2. The van der Waals surface area contributed by atoms with Gasteiger partial charge in [0, 0.05) is 18.7 Å². The Labute approximate surface area is 115 Å². The first-order valence-electron chi connectivity index (χ1n) is 6.64. The molecule has 0 radical (unpaired) electrons. The molecule has 1 rings (SSSR count). The van der Waals surface area contributed by atoms with Crippen LogP contribution in [0.3, 0.4) is 0 Å². The van der Waals surface area contributed by atoms with E-state index in [9.17, 15) is 4.79 Å². The third-order valence-corrected chi connectivity index (χ3v) is 2.75. The smallest absolute Gasteiger partial charge is 0.221 e. The average Bonchev–Trinajstić information content (AvgIpc) is 2.27. The highest BCUT2D eigenvalue weighted by Crippen LogP contribution is 2.29. The van der Waals surface area contributed by atoms with Gasteiger partial charge in [0.1, 0.15) is 5.75 Å². The fourth-order valence-electron chi connectivity index (χ4n) is 2.13. The number of hydrogen-bond donors (Lipinski definition) is 2. The molecule has 0 fully saturated rings. The Kier molecular flexibility index (Phi) is 5.67. The van der Waals surface area contributed by atoms with Crippen LogP contribution < -0.4 is 15.4 Å². The number of amides is 1. The quantitative estimate of drug-likeness (QED) is 0.826. The molecule has 1 unspecified atom stereocenters. The Balaban J connectivity index is 2.86. The Bertz CT molecular complexity index is 430. The number of carbonyl (C=O) groups is 1. The van der Waals surface area contributed by atoms with E-state index in [4.69, 9.17) is 4.74 Å². The first-order valence-corrected chi connectivity index (χ1v) is 6.64. The van der Waals surface area contributed by atoms with Crippen LogP contribution in [0.1, 0.15) is 34.1 Å². The second kappa shape index (κ2) is 7.02. The van der Waals surface area contributed by atoms with Crippen molar-refractivity contribution < 1.29 is 9.53 Å². The van der Waals surface area contributed by atoms with Gasteiger partial charge in [-0.25, -0.2) is 0 Å². The summed E-state index contributed by atoms with van der Waals surface area (Å²) in [5.41, 5.74) is 1.68. The molecule has 4 heteroatoms. The van der Waals surface area contributed by atoms with E-state index in [0.29, 0.717) is 12.0 Å². The molecule has 0 bridgehead atoms. The topological polar surface area (TPSA) is 50.4 Å². The zero-order valence-corrected chi connectivity index (χ0v) is 12.4. The maximum Gasteiger partial charge on any atom is 0.221 e. The molecule has 19 heavy (non-hydrogen) atoms. The van der Waals surface area contributed by atoms with E-state index < -0.39 is 0 Å². The maximum atomic E-state index is 11.1. The number of hydrogen-bond acceptors (Lipinski definition) is 3. The van der Waals surface area contributed by atoms with Crippen molar-refractivity contribution >= 4 is 17.3 Å². The lowest BCUT2D eigenvalue weighted by atomic mass is 10.0. The highest BCUT2D eigenvalue weighted by molar-refractivity contribution is 5.89. The van der Waals surface area contributed by atoms with Crippen molar-refractivity contribution in [3.05, 3.63) is 18.2 Å². The van der Waals surface area contributed by atoms with Crippen LogP contribution in [0, 0.1) is 5.92 Å². The van der Waals surface area contributed by atoms with Gasteiger partial charge in [-0.05, 0) is 37.5 Å². The summed E-state index contributed by atoms with van der Waals surface area (Å²) in [4.78, 5) is 11.1. The molecule has 4 nitrogen and oxygen atoms in total. The Hall–Kier alpha value is -1.71. The number of anilines is 2. The summed E-state index contributed by atoms with van der Waals surface area (Å²) in [6, 6.07) is 5.94. The lowest BCUT2D eigenvalue weighted by molar-refractivity contribution is -0.114. The summed E-state index contributed by atoms with van der Waals surface area (Å²) in [5.74, 6) is 1.34. The highest BCUT2D eigenvalue weighted by Gasteiger charge is 2.10. The van der Waals surface area contributed by atoms with Gasteiger partial charge in [-0.3, -0.25) is 4.79 Å². The van der Waals surface area contributed by atoms with E-state index in [0.717, 1.165) is 23.5 Å². The fourth-order valence-corrected chi connectivity index (χ4v) is 2.13. The molecule has 1 amide bonds. The summed E-state index contributed by atoms with van der Waals surface area (Å²) in [7, 11) is 1.64. The second-order valence-corrected chi connectivity index (χ2v) is 5.27. The minimum absolute atomic E-state index is 0.0775. The number of carbonyl (C=O) groups excluding carboxylic acids is 1. The second-order valence-electron chi connectivity index (χ2n) is 5.27. The predicted octanol–water partition coefficient (Wildman–Crippen LogP) is 3.50. The number of ether oxygens (including phenoxy) is 1. The van der Waals surface area contributed by atoms with Gasteiger partial charge in [0.15, 0.2) is 0 Å². The molecule has 1 atom stereocenters. The van der Waals surface area contributed by atoms with Crippen LogP contribution in [0.2, 0.25) is 0 Å². The lowest BCUT2D eigenvalue weighted by Crippen LogP contribution is -2.18. The Morgan fingerprint density at radius 3 is 2.53 bits per heavy atom. The molecular formula is C15H24N2O2. The maximum absolute atomic E-state index is 11.1. The van der Waals surface area contributed by atoms with E-state index in [1.54, 1.807) is 7.11 Å². The van der Waals surface area contributed by atoms with Gasteiger partial charge in [-0.1, -0.05) is 13.8 Å². The van der Waals surface area contributed by atoms with Gasteiger partial charge >= 0.3 is 0 Å². The molecule has 0 saturated carbocycles. The first-order chi connectivity index (χ1) is 8.92. The monoisotopic (exact) mass is 264 g/mol. The molecule has 0 aliphatic heterocycles. The summed E-state index contributed by atoms with van der Waals surface area (Å²) in [6.07, 6.45) is 1.08. The molecule has 0 spiro atoms. The molecular weight excluding hydrogens is 240 g/mol. The summed E-state index contributed by atoms with van der Waals surface area (Å²) in [6.45, 7) is 8.04. The van der Waals surface area contributed by atoms with Gasteiger partial charge in [-0.2, -0.15) is 0 Å². The van der Waals surface area contributed by atoms with Crippen molar-refractivity contribution in [3.63, 3.8) is 0 Å². The normalized spacial score (nSPS) is 12.1. The fraction of sp³-hybridized carbons (Fsp3) is 0.533. The number of methoxy groups -OCH3 is 1. The molecule has 0 heterocycles. The number of rotatable bonds is 6. The van der Waals surface area contributed by atoms with E-state index in [1.807, 2.05) is 18.2 Å². The third-order valence-electron chi connectivity index (χ3n) is 2.75. The van der Waals surface area contributed by atoms with E-state index in [1.165, 1.54) is 6.92 Å². The van der Waals surface area contributed by atoms with Gasteiger partial charge in [-0.15, -0.1) is 0 Å². The molecule has 0 saturated heterocycles. The van der Waals surface area contributed by atoms with Gasteiger partial charge in [0.2, 0.25) is 5.91 Å². The van der Waals surface area contributed by atoms with Crippen LogP contribution in [0.25, 0.3) is 0 Å². The third kappa shape index (κ3) is 5.20. The summed E-state index contributed by atoms with van der Waals surface area (Å²) >= 11 is 0. The van der Waals surface area contributed by atoms with Crippen molar-refractivity contribution in [3.8, 4) is 5.75 Å². The van der Waals surface area contributed by atoms with Crippen molar-refractivity contribution in [2.24, 2.45) is 5.92 Å². The standard InChI is InChI=1S/C15H24N2O2/c1-10(2)8-11(3)16-14-9-13(17-12(4)18)6-7-15(14)19-5/h6-7,9-11,16H,8H2,1-5H3,(H,17,18). The molecule has 0 aromatic heterocycles. The van der Waals surface area contributed by atoms with Crippen LogP contribution in [0.4, 0.5) is 11.4 Å². The minimum atomic E-state index is -0.0775. The van der Waals surface area contributed by atoms with Crippen LogP contribution in [0.5, 0.6) is 5.75 Å². The predicted molar refractivity (Wildman–Crippen MR) is 79.8 cm³/mol. The van der Waals surface area contributed by atoms with Gasteiger partial charge in [0.25, 0.3) is 0 Å². The van der Waals surface area contributed by atoms with E-state index in [-0.39, 0.29) is 5.91 Å². The summed E-state index contributed by atoms with van der Waals surface area (Å²) < 4.78 is 5.34. The molecule has 2 N–H and O–H groups in total. The van der Waals surface area contributed by atoms with Crippen molar-refractivity contribution in [1.82, 2.24) is 0 Å². The van der Waals surface area contributed by atoms with E-state index >= 15 is 0 Å². The lowest BCUT2D eigenvalue weighted by Gasteiger charge is -2.20. The molecule has 1 aromatic rings. The van der Waals surface area contributed by atoms with Crippen molar-refractivity contribution in [2.75, 3.05) is 17.7 Å². The van der Waals surface area contributed by atoms with Crippen LogP contribution in [0.15, 0.2) is 18.2 Å². The van der Waals surface area contributed by atoms with Crippen LogP contribution >= 0.6 is 0 Å². The van der Waals surface area contributed by atoms with Crippen LogP contribution in [-0.4, -0.2) is 19.1 Å². The van der Waals surface area contributed by atoms with Gasteiger partial charge in [0.05, 0.1) is 12.8 Å². The molecule has 1 aromatic carbocycles. The molecule has 0 aliphatic carbocycles. The minimum Gasteiger partial charge on any atom is -0.495 e. The Morgan fingerprint density at radius 2 is 2.00 bits per heavy atom. The molecule has 106 valence electrons. The Morgan fingerprint density at radius 1 is 1.32 bits per heavy atom.